The van der Waals surface area contributed by atoms with Gasteiger partial charge in [0.25, 0.3) is 21.8 Å². The highest BCUT2D eigenvalue weighted by atomic mass is 32.2. The molecule has 9 nitrogen and oxygen atoms in total. The lowest BCUT2D eigenvalue weighted by atomic mass is 10.1. The van der Waals surface area contributed by atoms with Crippen LogP contribution < -0.4 is 15.6 Å². The topological polar surface area (TPSA) is 130 Å². The molecule has 0 spiro atoms. The number of rotatable bonds is 6. The Labute approximate surface area is 202 Å². The Balaban J connectivity index is 1.37. The molecule has 0 aliphatic heterocycles. The van der Waals surface area contributed by atoms with Crippen molar-refractivity contribution in [1.82, 2.24) is 16.0 Å². The first-order chi connectivity index (χ1) is 16.7. The highest BCUT2D eigenvalue weighted by Crippen LogP contribution is 2.20. The quantitative estimate of drug-likeness (QED) is 0.352. The molecule has 10 heteroatoms. The van der Waals surface area contributed by atoms with Gasteiger partial charge in [-0.15, -0.1) is 0 Å². The Bertz CT molecular complexity index is 1480. The van der Waals surface area contributed by atoms with Crippen molar-refractivity contribution in [1.29, 1.82) is 0 Å². The molecule has 0 radical (unpaired) electrons. The average molecular weight is 491 g/mol. The zero-order valence-electron chi connectivity index (χ0n) is 18.9. The van der Waals surface area contributed by atoms with Crippen molar-refractivity contribution in [2.75, 3.05) is 4.72 Å². The number of aryl methyl sites for hydroxylation is 2. The molecular formula is C25H22N4O5S. The van der Waals surface area contributed by atoms with Gasteiger partial charge >= 0.3 is 0 Å². The molecule has 0 fully saturated rings. The van der Waals surface area contributed by atoms with Crippen LogP contribution in [0.15, 0.2) is 88.3 Å². The summed E-state index contributed by atoms with van der Waals surface area (Å²) in [5.74, 6) is -0.884. The van der Waals surface area contributed by atoms with Crippen molar-refractivity contribution in [3.63, 3.8) is 0 Å². The molecule has 35 heavy (non-hydrogen) atoms. The first-order valence-corrected chi connectivity index (χ1v) is 12.0. The van der Waals surface area contributed by atoms with Gasteiger partial charge in [0.2, 0.25) is 0 Å². The van der Waals surface area contributed by atoms with E-state index in [2.05, 4.69) is 20.7 Å². The van der Waals surface area contributed by atoms with Gasteiger partial charge in [-0.05, 0) is 61.4 Å². The fraction of sp³-hybridized carbons (Fsp3) is 0.0800. The summed E-state index contributed by atoms with van der Waals surface area (Å²) in [5, 5.41) is 3.71. The Morgan fingerprint density at radius 1 is 0.800 bits per heavy atom. The number of hydrogen-bond donors (Lipinski definition) is 3. The lowest BCUT2D eigenvalue weighted by Gasteiger charge is -2.10. The van der Waals surface area contributed by atoms with E-state index in [0.717, 1.165) is 16.7 Å². The summed E-state index contributed by atoms with van der Waals surface area (Å²) in [6.45, 7) is 3.83. The van der Waals surface area contributed by atoms with Crippen LogP contribution in [-0.2, 0) is 10.0 Å². The Hall–Kier alpha value is -4.44. The molecule has 1 heterocycles. The van der Waals surface area contributed by atoms with Gasteiger partial charge in [-0.25, -0.2) is 8.42 Å². The second-order valence-electron chi connectivity index (χ2n) is 7.78. The van der Waals surface area contributed by atoms with Crippen molar-refractivity contribution >= 4 is 27.5 Å². The number of nitrogens with zero attached hydrogens (tertiary/aromatic N) is 1. The summed E-state index contributed by atoms with van der Waals surface area (Å²) in [4.78, 5) is 24.7. The molecule has 0 aliphatic carbocycles. The SMILES string of the molecule is Cc1ccc(NS(=O)(=O)c2ccc(C(=O)NNC(=O)c3cc(-c4ccccc4)on3)cc2)cc1C. The first-order valence-electron chi connectivity index (χ1n) is 10.6. The van der Waals surface area contributed by atoms with E-state index in [-0.39, 0.29) is 16.2 Å². The van der Waals surface area contributed by atoms with Crippen molar-refractivity contribution in [3.8, 4) is 11.3 Å². The summed E-state index contributed by atoms with van der Waals surface area (Å²) in [6, 6.07) is 21.2. The molecule has 0 saturated carbocycles. The molecule has 0 saturated heterocycles. The maximum absolute atomic E-state index is 12.7. The third kappa shape index (κ3) is 5.56. The number of benzene rings is 3. The Morgan fingerprint density at radius 3 is 2.17 bits per heavy atom. The average Bonchev–Trinajstić information content (AvgIpc) is 3.36. The van der Waals surface area contributed by atoms with Crippen LogP contribution in [0.3, 0.4) is 0 Å². The first kappa shape index (κ1) is 23.7. The standard InChI is InChI=1S/C25H22N4O5S/c1-16-8-11-20(14-17(16)2)29-35(32,33)21-12-9-19(10-13-21)24(30)26-27-25(31)22-15-23(34-28-22)18-6-4-3-5-7-18/h3-15,29H,1-2H3,(H,26,30)(H,27,31). The van der Waals surface area contributed by atoms with Crippen LogP contribution in [0.1, 0.15) is 32.0 Å². The summed E-state index contributed by atoms with van der Waals surface area (Å²) in [6.07, 6.45) is 0. The van der Waals surface area contributed by atoms with E-state index in [9.17, 15) is 18.0 Å². The van der Waals surface area contributed by atoms with Gasteiger partial charge in [-0.1, -0.05) is 41.6 Å². The number of anilines is 1. The van der Waals surface area contributed by atoms with E-state index < -0.39 is 21.8 Å². The molecule has 4 rings (SSSR count). The molecule has 178 valence electrons. The lowest BCUT2D eigenvalue weighted by molar-refractivity contribution is 0.0841. The predicted octanol–water partition coefficient (Wildman–Crippen LogP) is 3.83. The van der Waals surface area contributed by atoms with Crippen molar-refractivity contribution in [3.05, 3.63) is 101 Å². The van der Waals surface area contributed by atoms with E-state index in [4.69, 9.17) is 4.52 Å². The number of amides is 2. The second-order valence-corrected chi connectivity index (χ2v) is 9.46. The minimum atomic E-state index is -3.84. The zero-order valence-corrected chi connectivity index (χ0v) is 19.7. The van der Waals surface area contributed by atoms with Gasteiger partial charge in [0.1, 0.15) is 0 Å². The molecule has 0 bridgehead atoms. The maximum atomic E-state index is 12.7. The number of sulfonamides is 1. The summed E-state index contributed by atoms with van der Waals surface area (Å²) in [5.41, 5.74) is 7.88. The number of carbonyl (C=O) groups excluding carboxylic acids is 2. The Kier molecular flexibility index (Phi) is 6.65. The van der Waals surface area contributed by atoms with Gasteiger partial charge < -0.3 is 4.52 Å². The summed E-state index contributed by atoms with van der Waals surface area (Å²) in [7, 11) is -3.84. The number of aromatic nitrogens is 1. The van der Waals surface area contributed by atoms with Crippen LogP contribution in [0, 0.1) is 13.8 Å². The highest BCUT2D eigenvalue weighted by Gasteiger charge is 2.17. The van der Waals surface area contributed by atoms with Gasteiger partial charge in [0.15, 0.2) is 11.5 Å². The van der Waals surface area contributed by atoms with E-state index in [1.807, 2.05) is 50.2 Å². The number of carbonyl (C=O) groups is 2. The summed E-state index contributed by atoms with van der Waals surface area (Å²) >= 11 is 0. The Morgan fingerprint density at radius 2 is 1.49 bits per heavy atom. The third-order valence-corrected chi connectivity index (χ3v) is 6.67. The maximum Gasteiger partial charge on any atom is 0.291 e. The molecule has 0 unspecified atom stereocenters. The van der Waals surface area contributed by atoms with Crippen LogP contribution in [0.5, 0.6) is 0 Å². The van der Waals surface area contributed by atoms with E-state index in [1.165, 1.54) is 30.3 Å². The van der Waals surface area contributed by atoms with Crippen molar-refractivity contribution in [2.24, 2.45) is 0 Å². The molecule has 2 amide bonds. The molecule has 0 aliphatic rings. The van der Waals surface area contributed by atoms with Gasteiger partial charge in [0, 0.05) is 22.9 Å². The van der Waals surface area contributed by atoms with Gasteiger partial charge in [-0.2, -0.15) is 0 Å². The van der Waals surface area contributed by atoms with Crippen LogP contribution in [0.4, 0.5) is 5.69 Å². The zero-order chi connectivity index (χ0) is 25.0. The smallest absolute Gasteiger partial charge is 0.291 e. The minimum absolute atomic E-state index is 0.00708. The number of hydrazine groups is 1. The van der Waals surface area contributed by atoms with Crippen molar-refractivity contribution in [2.45, 2.75) is 18.7 Å². The van der Waals surface area contributed by atoms with Crippen LogP contribution >= 0.6 is 0 Å². The minimum Gasteiger partial charge on any atom is -0.355 e. The van der Waals surface area contributed by atoms with E-state index in [0.29, 0.717) is 11.4 Å². The second kappa shape index (κ2) is 9.82. The monoisotopic (exact) mass is 490 g/mol. The lowest BCUT2D eigenvalue weighted by Crippen LogP contribution is -2.41. The summed E-state index contributed by atoms with van der Waals surface area (Å²) < 4.78 is 33.0. The highest BCUT2D eigenvalue weighted by molar-refractivity contribution is 7.92. The van der Waals surface area contributed by atoms with Gasteiger partial charge in [-0.3, -0.25) is 25.2 Å². The van der Waals surface area contributed by atoms with Crippen LogP contribution in [-0.4, -0.2) is 25.4 Å². The predicted molar refractivity (Wildman–Crippen MR) is 130 cm³/mol. The van der Waals surface area contributed by atoms with E-state index in [1.54, 1.807) is 12.1 Å². The van der Waals surface area contributed by atoms with E-state index >= 15 is 0 Å². The molecule has 0 atom stereocenters. The van der Waals surface area contributed by atoms with Crippen molar-refractivity contribution < 1.29 is 22.5 Å². The molecular weight excluding hydrogens is 468 g/mol. The fourth-order valence-corrected chi connectivity index (χ4v) is 4.22. The molecule has 4 aromatic rings. The normalized spacial score (nSPS) is 11.0. The number of hydrogen-bond acceptors (Lipinski definition) is 6. The third-order valence-electron chi connectivity index (χ3n) is 5.28. The number of nitrogens with one attached hydrogen (secondary N) is 3. The fourth-order valence-electron chi connectivity index (χ4n) is 3.17. The largest absolute Gasteiger partial charge is 0.355 e. The van der Waals surface area contributed by atoms with Crippen LogP contribution in [0.25, 0.3) is 11.3 Å². The van der Waals surface area contributed by atoms with Crippen LogP contribution in [0.2, 0.25) is 0 Å². The molecule has 3 aromatic carbocycles. The molecule has 1 aromatic heterocycles. The van der Waals surface area contributed by atoms with Gasteiger partial charge in [0.05, 0.1) is 4.90 Å². The molecule has 3 N–H and O–H groups in total.